The van der Waals surface area contributed by atoms with Crippen LogP contribution < -0.4 is 5.32 Å². The third kappa shape index (κ3) is 2.10. The van der Waals surface area contributed by atoms with Crippen LogP contribution in [0.3, 0.4) is 0 Å². The van der Waals surface area contributed by atoms with Gasteiger partial charge in [-0.05, 0) is 30.2 Å². The van der Waals surface area contributed by atoms with Gasteiger partial charge in [0.2, 0.25) is 6.41 Å². The summed E-state index contributed by atoms with van der Waals surface area (Å²) in [4.78, 5) is 20.9. The van der Waals surface area contributed by atoms with Crippen LogP contribution in [0, 0.1) is 0 Å². The molecule has 1 aromatic rings. The van der Waals surface area contributed by atoms with Crippen molar-refractivity contribution in [2.24, 2.45) is 0 Å². The van der Waals surface area contributed by atoms with Crippen molar-refractivity contribution < 1.29 is 14.7 Å². The molecule has 0 bridgehead atoms. The summed E-state index contributed by atoms with van der Waals surface area (Å²) in [6.07, 6.45) is 1.26. The standard InChI is InChI=1S/C10H11NO3/c1-2-7-5-8(10(13)14)3-4-9(7)11-6-12/h3-6H,2H2,1H3,(H,11,12)(H,13,14). The Labute approximate surface area is 81.6 Å². The van der Waals surface area contributed by atoms with Gasteiger partial charge >= 0.3 is 5.97 Å². The smallest absolute Gasteiger partial charge is 0.335 e. The molecule has 74 valence electrons. The van der Waals surface area contributed by atoms with Crippen LogP contribution in [0.5, 0.6) is 0 Å². The van der Waals surface area contributed by atoms with Gasteiger partial charge in [-0.2, -0.15) is 0 Å². The van der Waals surface area contributed by atoms with Gasteiger partial charge in [0.15, 0.2) is 0 Å². The van der Waals surface area contributed by atoms with Gasteiger partial charge < -0.3 is 10.4 Å². The molecule has 1 amide bonds. The normalized spacial score (nSPS) is 9.50. The molecular formula is C10H11NO3. The van der Waals surface area contributed by atoms with Crippen LogP contribution >= 0.6 is 0 Å². The molecule has 1 rings (SSSR count). The van der Waals surface area contributed by atoms with E-state index in [9.17, 15) is 9.59 Å². The highest BCUT2D eigenvalue weighted by Crippen LogP contribution is 2.17. The molecule has 1 aromatic carbocycles. The summed E-state index contributed by atoms with van der Waals surface area (Å²) in [6, 6.07) is 4.62. The zero-order valence-electron chi connectivity index (χ0n) is 7.78. The molecule has 0 aliphatic rings. The third-order valence-electron chi connectivity index (χ3n) is 1.95. The van der Waals surface area contributed by atoms with Crippen LogP contribution in [-0.4, -0.2) is 17.5 Å². The first kappa shape index (κ1) is 10.2. The summed E-state index contributed by atoms with van der Waals surface area (Å²) < 4.78 is 0. The lowest BCUT2D eigenvalue weighted by atomic mass is 10.1. The molecule has 0 heterocycles. The van der Waals surface area contributed by atoms with Crippen LogP contribution in [0.1, 0.15) is 22.8 Å². The van der Waals surface area contributed by atoms with Gasteiger partial charge in [-0.1, -0.05) is 6.92 Å². The molecule has 4 heteroatoms. The molecule has 0 aromatic heterocycles. The van der Waals surface area contributed by atoms with Gasteiger partial charge in [0.25, 0.3) is 0 Å². The number of aromatic carboxylic acids is 1. The minimum Gasteiger partial charge on any atom is -0.478 e. The van der Waals surface area contributed by atoms with Crippen LogP contribution in [-0.2, 0) is 11.2 Å². The van der Waals surface area contributed by atoms with E-state index in [1.165, 1.54) is 6.07 Å². The lowest BCUT2D eigenvalue weighted by molar-refractivity contribution is -0.105. The van der Waals surface area contributed by atoms with Crippen LogP contribution in [0.2, 0.25) is 0 Å². The lowest BCUT2D eigenvalue weighted by Gasteiger charge is -2.06. The van der Waals surface area contributed by atoms with Gasteiger partial charge in [0, 0.05) is 5.69 Å². The van der Waals surface area contributed by atoms with Crippen molar-refractivity contribution in [2.75, 3.05) is 5.32 Å². The molecule has 14 heavy (non-hydrogen) atoms. The number of amides is 1. The Hall–Kier alpha value is -1.84. The van der Waals surface area contributed by atoms with Crippen molar-refractivity contribution in [2.45, 2.75) is 13.3 Å². The topological polar surface area (TPSA) is 66.4 Å². The predicted molar refractivity (Wildman–Crippen MR) is 52.5 cm³/mol. The largest absolute Gasteiger partial charge is 0.478 e. The van der Waals surface area contributed by atoms with Gasteiger partial charge in [-0.25, -0.2) is 4.79 Å². The second-order valence-corrected chi connectivity index (χ2v) is 2.79. The number of nitrogens with one attached hydrogen (secondary N) is 1. The number of benzene rings is 1. The first-order valence-corrected chi connectivity index (χ1v) is 4.25. The fourth-order valence-corrected chi connectivity index (χ4v) is 1.22. The molecular weight excluding hydrogens is 182 g/mol. The minimum atomic E-state index is -0.961. The van der Waals surface area contributed by atoms with Crippen molar-refractivity contribution in [1.29, 1.82) is 0 Å². The van der Waals surface area contributed by atoms with Crippen LogP contribution in [0.15, 0.2) is 18.2 Å². The summed E-state index contributed by atoms with van der Waals surface area (Å²) in [7, 11) is 0. The van der Waals surface area contributed by atoms with E-state index < -0.39 is 5.97 Å². The van der Waals surface area contributed by atoms with Crippen molar-refractivity contribution >= 4 is 18.1 Å². The average molecular weight is 193 g/mol. The molecule has 0 saturated heterocycles. The van der Waals surface area contributed by atoms with Gasteiger partial charge in [0.1, 0.15) is 0 Å². The fraction of sp³-hybridized carbons (Fsp3) is 0.200. The van der Waals surface area contributed by atoms with E-state index in [4.69, 9.17) is 5.11 Å². The van der Waals surface area contributed by atoms with Crippen molar-refractivity contribution in [3.63, 3.8) is 0 Å². The summed E-state index contributed by atoms with van der Waals surface area (Å²) in [5, 5.41) is 11.3. The third-order valence-corrected chi connectivity index (χ3v) is 1.95. The van der Waals surface area contributed by atoms with E-state index in [0.717, 1.165) is 5.56 Å². The number of anilines is 1. The van der Waals surface area contributed by atoms with E-state index in [2.05, 4.69) is 5.32 Å². The number of carbonyl (C=O) groups excluding carboxylic acids is 1. The van der Waals surface area contributed by atoms with Crippen molar-refractivity contribution in [3.05, 3.63) is 29.3 Å². The average Bonchev–Trinajstić information content (AvgIpc) is 2.18. The Morgan fingerprint density at radius 1 is 1.57 bits per heavy atom. The second-order valence-electron chi connectivity index (χ2n) is 2.79. The highest BCUT2D eigenvalue weighted by atomic mass is 16.4. The van der Waals surface area contributed by atoms with E-state index in [0.29, 0.717) is 18.5 Å². The molecule has 4 nitrogen and oxygen atoms in total. The number of hydrogen-bond acceptors (Lipinski definition) is 2. The fourth-order valence-electron chi connectivity index (χ4n) is 1.22. The molecule has 0 radical (unpaired) electrons. The molecule has 0 aliphatic carbocycles. The minimum absolute atomic E-state index is 0.235. The number of carbonyl (C=O) groups is 2. The molecule has 2 N–H and O–H groups in total. The first-order valence-electron chi connectivity index (χ1n) is 4.25. The number of rotatable bonds is 4. The summed E-state index contributed by atoms with van der Waals surface area (Å²) >= 11 is 0. The zero-order chi connectivity index (χ0) is 10.6. The van der Waals surface area contributed by atoms with Gasteiger partial charge in [-0.15, -0.1) is 0 Å². The first-order chi connectivity index (χ1) is 6.69. The Balaban J connectivity index is 3.10. The Morgan fingerprint density at radius 3 is 2.79 bits per heavy atom. The second kappa shape index (κ2) is 4.41. The molecule has 0 atom stereocenters. The number of carboxylic acids is 1. The monoisotopic (exact) mass is 193 g/mol. The van der Waals surface area contributed by atoms with Crippen LogP contribution in [0.4, 0.5) is 5.69 Å². The Bertz CT molecular complexity index is 360. The highest BCUT2D eigenvalue weighted by molar-refractivity contribution is 5.89. The zero-order valence-corrected chi connectivity index (χ0v) is 7.78. The SMILES string of the molecule is CCc1cc(C(=O)O)ccc1NC=O. The Morgan fingerprint density at radius 2 is 2.29 bits per heavy atom. The maximum Gasteiger partial charge on any atom is 0.335 e. The van der Waals surface area contributed by atoms with Crippen LogP contribution in [0.25, 0.3) is 0 Å². The molecule has 0 spiro atoms. The maximum atomic E-state index is 10.6. The van der Waals surface area contributed by atoms with Crippen molar-refractivity contribution in [1.82, 2.24) is 0 Å². The molecule has 0 unspecified atom stereocenters. The molecule has 0 fully saturated rings. The van der Waals surface area contributed by atoms with E-state index >= 15 is 0 Å². The maximum absolute atomic E-state index is 10.6. The highest BCUT2D eigenvalue weighted by Gasteiger charge is 2.06. The quantitative estimate of drug-likeness (QED) is 0.712. The number of aryl methyl sites for hydroxylation is 1. The van der Waals surface area contributed by atoms with Gasteiger partial charge in [-0.3, -0.25) is 4.79 Å². The summed E-state index contributed by atoms with van der Waals surface area (Å²) in [6.45, 7) is 1.90. The van der Waals surface area contributed by atoms with Gasteiger partial charge in [0.05, 0.1) is 5.56 Å². The molecule has 0 saturated carbocycles. The van der Waals surface area contributed by atoms with E-state index in [-0.39, 0.29) is 5.56 Å². The summed E-state index contributed by atoms with van der Waals surface area (Å²) in [5.41, 5.74) is 1.71. The number of hydrogen-bond donors (Lipinski definition) is 2. The predicted octanol–water partition coefficient (Wildman–Crippen LogP) is 1.52. The van der Waals surface area contributed by atoms with Crippen molar-refractivity contribution in [3.8, 4) is 0 Å². The Kier molecular flexibility index (Phi) is 3.23. The number of carboxylic acid groups (broad SMARTS) is 1. The molecule has 0 aliphatic heterocycles. The van der Waals surface area contributed by atoms with E-state index in [1.54, 1.807) is 12.1 Å². The summed E-state index contributed by atoms with van der Waals surface area (Å²) in [5.74, 6) is -0.961. The lowest BCUT2D eigenvalue weighted by Crippen LogP contribution is -2.02. The van der Waals surface area contributed by atoms with E-state index in [1.807, 2.05) is 6.92 Å².